The molecule has 0 amide bonds. The lowest BCUT2D eigenvalue weighted by Crippen LogP contribution is -2.30. The lowest BCUT2D eigenvalue weighted by Gasteiger charge is -2.20. The molecule has 0 unspecified atom stereocenters. The number of carbonyl (C=O) groups is 1. The Kier molecular flexibility index (Phi) is 6.29. The van der Waals surface area contributed by atoms with Gasteiger partial charge in [0, 0.05) is 13.1 Å². The minimum absolute atomic E-state index is 0.309. The van der Waals surface area contributed by atoms with Crippen molar-refractivity contribution in [3.63, 3.8) is 0 Å². The zero-order valence-electron chi connectivity index (χ0n) is 10.3. The summed E-state index contributed by atoms with van der Waals surface area (Å²) >= 11 is 0. The Balaban J connectivity index is 2.51. The van der Waals surface area contributed by atoms with Crippen molar-refractivity contribution in [3.8, 4) is 0 Å². The molecule has 0 aliphatic rings. The standard InChI is InChI=1S/C13H20N2O2/c1-2-10-15(11-6-9-14)17-13(16)12-7-4-3-5-8-12/h3-5,7-8H,2,6,9-11,14H2,1H3. The number of hydrogen-bond acceptors (Lipinski definition) is 4. The molecule has 1 aromatic carbocycles. The second-order valence-electron chi connectivity index (χ2n) is 3.82. The summed E-state index contributed by atoms with van der Waals surface area (Å²) in [5.41, 5.74) is 6.02. The van der Waals surface area contributed by atoms with E-state index in [1.54, 1.807) is 17.2 Å². The molecule has 0 saturated heterocycles. The SMILES string of the molecule is CCCN(CCCN)OC(=O)c1ccccc1. The van der Waals surface area contributed by atoms with Crippen LogP contribution < -0.4 is 5.73 Å². The Labute approximate surface area is 102 Å². The molecule has 17 heavy (non-hydrogen) atoms. The number of nitrogens with two attached hydrogens (primary N) is 1. The van der Waals surface area contributed by atoms with Gasteiger partial charge in [-0.15, -0.1) is 5.06 Å². The number of benzene rings is 1. The summed E-state index contributed by atoms with van der Waals surface area (Å²) in [5.74, 6) is -0.309. The van der Waals surface area contributed by atoms with Crippen molar-refractivity contribution in [2.24, 2.45) is 5.73 Å². The molecule has 0 saturated carbocycles. The second kappa shape index (κ2) is 7.81. The molecule has 1 rings (SSSR count). The van der Waals surface area contributed by atoms with Crippen LogP contribution in [0, 0.1) is 0 Å². The Hall–Kier alpha value is -1.39. The Morgan fingerprint density at radius 3 is 2.59 bits per heavy atom. The van der Waals surface area contributed by atoms with E-state index in [9.17, 15) is 4.79 Å². The average molecular weight is 236 g/mol. The zero-order valence-corrected chi connectivity index (χ0v) is 10.3. The van der Waals surface area contributed by atoms with Crippen molar-refractivity contribution < 1.29 is 9.63 Å². The quantitative estimate of drug-likeness (QED) is 0.734. The van der Waals surface area contributed by atoms with Crippen LogP contribution in [0.25, 0.3) is 0 Å². The summed E-state index contributed by atoms with van der Waals surface area (Å²) < 4.78 is 0. The first-order valence-corrected chi connectivity index (χ1v) is 6.00. The highest BCUT2D eigenvalue weighted by Gasteiger charge is 2.12. The van der Waals surface area contributed by atoms with Crippen LogP contribution in [0.5, 0.6) is 0 Å². The Morgan fingerprint density at radius 1 is 1.29 bits per heavy atom. The molecule has 1 aromatic rings. The molecule has 0 atom stereocenters. The van der Waals surface area contributed by atoms with E-state index in [0.29, 0.717) is 18.7 Å². The van der Waals surface area contributed by atoms with Gasteiger partial charge in [-0.2, -0.15) is 0 Å². The third kappa shape index (κ3) is 4.97. The zero-order chi connectivity index (χ0) is 12.5. The summed E-state index contributed by atoms with van der Waals surface area (Å²) in [7, 11) is 0. The molecule has 4 heteroatoms. The fraction of sp³-hybridized carbons (Fsp3) is 0.462. The predicted octanol–water partition coefficient (Wildman–Crippen LogP) is 1.82. The fourth-order valence-corrected chi connectivity index (χ4v) is 1.46. The van der Waals surface area contributed by atoms with Gasteiger partial charge in [0.2, 0.25) is 0 Å². The summed E-state index contributed by atoms with van der Waals surface area (Å²) in [6, 6.07) is 9.00. The van der Waals surface area contributed by atoms with Gasteiger partial charge >= 0.3 is 5.97 Å². The highest BCUT2D eigenvalue weighted by Crippen LogP contribution is 2.04. The van der Waals surface area contributed by atoms with Gasteiger partial charge in [-0.05, 0) is 31.5 Å². The topological polar surface area (TPSA) is 55.6 Å². The van der Waals surface area contributed by atoms with Crippen LogP contribution in [0.15, 0.2) is 30.3 Å². The smallest absolute Gasteiger partial charge is 0.357 e. The third-order valence-corrected chi connectivity index (χ3v) is 2.31. The first kappa shape index (κ1) is 13.7. The van der Waals surface area contributed by atoms with Crippen LogP contribution in [0.1, 0.15) is 30.1 Å². The number of hydrogen-bond donors (Lipinski definition) is 1. The molecule has 0 spiro atoms. The minimum atomic E-state index is -0.309. The molecule has 2 N–H and O–H groups in total. The maximum atomic E-state index is 11.8. The molecule has 0 radical (unpaired) electrons. The van der Waals surface area contributed by atoms with Crippen molar-refractivity contribution in [2.45, 2.75) is 19.8 Å². The molecule has 0 heterocycles. The van der Waals surface area contributed by atoms with Crippen LogP contribution in [-0.2, 0) is 4.84 Å². The van der Waals surface area contributed by atoms with Gasteiger partial charge in [-0.3, -0.25) is 0 Å². The van der Waals surface area contributed by atoms with Gasteiger partial charge in [0.05, 0.1) is 5.56 Å². The first-order valence-electron chi connectivity index (χ1n) is 6.00. The number of hydroxylamine groups is 2. The second-order valence-corrected chi connectivity index (χ2v) is 3.82. The van der Waals surface area contributed by atoms with E-state index in [1.807, 2.05) is 25.1 Å². The number of nitrogens with zero attached hydrogens (tertiary/aromatic N) is 1. The normalized spacial score (nSPS) is 10.5. The maximum absolute atomic E-state index is 11.8. The summed E-state index contributed by atoms with van der Waals surface area (Å²) in [5, 5.41) is 1.68. The Bertz CT molecular complexity index is 327. The van der Waals surface area contributed by atoms with E-state index >= 15 is 0 Å². The Morgan fingerprint density at radius 2 is 2.00 bits per heavy atom. The molecule has 0 fully saturated rings. The lowest BCUT2D eigenvalue weighted by molar-refractivity contribution is -0.109. The number of carbonyl (C=O) groups excluding carboxylic acids is 1. The van der Waals surface area contributed by atoms with Crippen molar-refractivity contribution in [1.29, 1.82) is 0 Å². The minimum Gasteiger partial charge on any atom is -0.364 e. The largest absolute Gasteiger partial charge is 0.364 e. The van der Waals surface area contributed by atoms with Crippen LogP contribution in [0.2, 0.25) is 0 Å². The van der Waals surface area contributed by atoms with Gasteiger partial charge in [0.1, 0.15) is 0 Å². The van der Waals surface area contributed by atoms with Gasteiger partial charge in [0.15, 0.2) is 0 Å². The molecule has 0 aliphatic heterocycles. The molecule has 0 aromatic heterocycles. The van der Waals surface area contributed by atoms with Gasteiger partial charge < -0.3 is 10.6 Å². The van der Waals surface area contributed by atoms with Crippen LogP contribution >= 0.6 is 0 Å². The molecule has 4 nitrogen and oxygen atoms in total. The van der Waals surface area contributed by atoms with E-state index < -0.39 is 0 Å². The van der Waals surface area contributed by atoms with Gasteiger partial charge in [-0.1, -0.05) is 25.1 Å². The average Bonchev–Trinajstić information content (AvgIpc) is 2.37. The van der Waals surface area contributed by atoms with E-state index in [4.69, 9.17) is 10.6 Å². The number of rotatable bonds is 7. The fourth-order valence-electron chi connectivity index (χ4n) is 1.46. The maximum Gasteiger partial charge on any atom is 0.357 e. The lowest BCUT2D eigenvalue weighted by atomic mass is 10.2. The third-order valence-electron chi connectivity index (χ3n) is 2.31. The highest BCUT2D eigenvalue weighted by atomic mass is 16.7. The van der Waals surface area contributed by atoms with Gasteiger partial charge in [-0.25, -0.2) is 4.79 Å². The van der Waals surface area contributed by atoms with E-state index in [-0.39, 0.29) is 5.97 Å². The summed E-state index contributed by atoms with van der Waals surface area (Å²) in [6.07, 6.45) is 1.76. The molecular formula is C13H20N2O2. The van der Waals surface area contributed by atoms with Crippen molar-refractivity contribution >= 4 is 5.97 Å². The summed E-state index contributed by atoms with van der Waals surface area (Å²) in [6.45, 7) is 4.07. The van der Waals surface area contributed by atoms with Crippen LogP contribution in [0.4, 0.5) is 0 Å². The van der Waals surface area contributed by atoms with Crippen LogP contribution in [0.3, 0.4) is 0 Å². The first-order chi connectivity index (χ1) is 8.27. The van der Waals surface area contributed by atoms with Crippen molar-refractivity contribution in [3.05, 3.63) is 35.9 Å². The summed E-state index contributed by atoms with van der Waals surface area (Å²) in [4.78, 5) is 17.1. The van der Waals surface area contributed by atoms with Crippen LogP contribution in [-0.4, -0.2) is 30.7 Å². The van der Waals surface area contributed by atoms with Crippen molar-refractivity contribution in [1.82, 2.24) is 5.06 Å². The van der Waals surface area contributed by atoms with E-state index in [2.05, 4.69) is 0 Å². The molecular weight excluding hydrogens is 216 g/mol. The van der Waals surface area contributed by atoms with Crippen molar-refractivity contribution in [2.75, 3.05) is 19.6 Å². The molecule has 0 aliphatic carbocycles. The van der Waals surface area contributed by atoms with E-state index in [0.717, 1.165) is 19.4 Å². The monoisotopic (exact) mass is 236 g/mol. The molecule has 94 valence electrons. The van der Waals surface area contributed by atoms with Gasteiger partial charge in [0.25, 0.3) is 0 Å². The van der Waals surface area contributed by atoms with E-state index in [1.165, 1.54) is 0 Å². The molecule has 0 bridgehead atoms. The highest BCUT2D eigenvalue weighted by molar-refractivity contribution is 5.89. The predicted molar refractivity (Wildman–Crippen MR) is 67.4 cm³/mol.